The van der Waals surface area contributed by atoms with Crippen LogP contribution in [0.1, 0.15) is 20.8 Å². The molecule has 0 saturated heterocycles. The average molecular weight is 225 g/mol. The highest BCUT2D eigenvalue weighted by atomic mass is 16.1. The first kappa shape index (κ1) is 14.7. The minimum atomic E-state index is 0.705. The Balaban J connectivity index is 4.46. The lowest BCUT2D eigenvalue weighted by Crippen LogP contribution is -2.29. The molecule has 92 valence electrons. The summed E-state index contributed by atoms with van der Waals surface area (Å²) in [6, 6.07) is 0. The molecule has 0 atom stereocenters. The quantitative estimate of drug-likeness (QED) is 0.369. The fourth-order valence-corrected chi connectivity index (χ4v) is 1.30. The summed E-state index contributed by atoms with van der Waals surface area (Å²) >= 11 is 0. The zero-order chi connectivity index (χ0) is 12.4. The lowest BCUT2D eigenvalue weighted by molar-refractivity contribution is -0.108. The molecule has 0 heterocycles. The maximum absolute atomic E-state index is 10.5. The van der Waals surface area contributed by atoms with Gasteiger partial charge in [-0.15, -0.1) is 0 Å². The second kappa shape index (κ2) is 8.97. The maximum atomic E-state index is 10.5. The second-order valence-corrected chi connectivity index (χ2v) is 3.54. The van der Waals surface area contributed by atoms with Gasteiger partial charge >= 0.3 is 0 Å². The third kappa shape index (κ3) is 5.56. The van der Waals surface area contributed by atoms with Gasteiger partial charge < -0.3 is 15.5 Å². The molecule has 2 N–H and O–H groups in total. The van der Waals surface area contributed by atoms with Crippen LogP contribution < -0.4 is 10.6 Å². The monoisotopic (exact) mass is 225 g/mol. The second-order valence-electron chi connectivity index (χ2n) is 3.54. The zero-order valence-electron chi connectivity index (χ0n) is 10.7. The number of carbonyl (C=O) groups excluding carboxylic acids is 1. The van der Waals surface area contributed by atoms with E-state index in [0.717, 1.165) is 31.0 Å². The average Bonchev–Trinajstić information content (AvgIpc) is 2.28. The summed E-state index contributed by atoms with van der Waals surface area (Å²) in [7, 11) is 2.02. The molecule has 4 nitrogen and oxygen atoms in total. The number of nitrogens with one attached hydrogen (secondary N) is 2. The summed E-state index contributed by atoms with van der Waals surface area (Å²) in [4.78, 5) is 12.6. The molecular formula is C12H23N3O. The van der Waals surface area contributed by atoms with Crippen LogP contribution in [0.4, 0.5) is 0 Å². The summed E-state index contributed by atoms with van der Waals surface area (Å²) in [6.45, 7) is 8.85. The SMILES string of the molecule is C/C=C\C(NC=O)=C(/C)N(C)CCNCC. The van der Waals surface area contributed by atoms with Crippen molar-refractivity contribution in [1.29, 1.82) is 0 Å². The van der Waals surface area contributed by atoms with E-state index in [1.165, 1.54) is 0 Å². The van der Waals surface area contributed by atoms with Crippen molar-refractivity contribution in [3.05, 3.63) is 23.5 Å². The normalized spacial score (nSPS) is 12.5. The van der Waals surface area contributed by atoms with Crippen LogP contribution in [0.3, 0.4) is 0 Å². The van der Waals surface area contributed by atoms with Crippen LogP contribution in [0.5, 0.6) is 0 Å². The van der Waals surface area contributed by atoms with E-state index in [9.17, 15) is 4.79 Å². The smallest absolute Gasteiger partial charge is 0.211 e. The molecule has 0 aliphatic rings. The number of hydrogen-bond acceptors (Lipinski definition) is 3. The Bertz CT molecular complexity index is 259. The predicted octanol–water partition coefficient (Wildman–Crippen LogP) is 1.08. The van der Waals surface area contributed by atoms with Crippen LogP contribution in [0.25, 0.3) is 0 Å². The molecule has 0 aromatic rings. The largest absolute Gasteiger partial charge is 0.375 e. The van der Waals surface area contributed by atoms with Gasteiger partial charge in [0.2, 0.25) is 6.41 Å². The Morgan fingerprint density at radius 2 is 2.12 bits per heavy atom. The van der Waals surface area contributed by atoms with E-state index < -0.39 is 0 Å². The van der Waals surface area contributed by atoms with Gasteiger partial charge in [0, 0.05) is 25.8 Å². The summed E-state index contributed by atoms with van der Waals surface area (Å²) in [5.74, 6) is 0. The molecule has 0 spiro atoms. The molecule has 4 heteroatoms. The predicted molar refractivity (Wildman–Crippen MR) is 67.9 cm³/mol. The van der Waals surface area contributed by atoms with Crippen molar-refractivity contribution in [3.63, 3.8) is 0 Å². The molecule has 0 fully saturated rings. The lowest BCUT2D eigenvalue weighted by atomic mass is 10.3. The Kier molecular flexibility index (Phi) is 8.25. The molecule has 0 aromatic carbocycles. The first-order valence-corrected chi connectivity index (χ1v) is 5.62. The number of hydrogen-bond donors (Lipinski definition) is 2. The van der Waals surface area contributed by atoms with E-state index in [1.54, 1.807) is 0 Å². The molecule has 0 aliphatic carbocycles. The van der Waals surface area contributed by atoms with Crippen molar-refractivity contribution in [2.45, 2.75) is 20.8 Å². The number of amides is 1. The van der Waals surface area contributed by atoms with Gasteiger partial charge in [-0.05, 0) is 26.5 Å². The van der Waals surface area contributed by atoms with Crippen LogP contribution in [-0.4, -0.2) is 38.0 Å². The third-order valence-corrected chi connectivity index (χ3v) is 2.38. The van der Waals surface area contributed by atoms with Crippen LogP contribution in [-0.2, 0) is 4.79 Å². The van der Waals surface area contributed by atoms with E-state index >= 15 is 0 Å². The highest BCUT2D eigenvalue weighted by Crippen LogP contribution is 2.06. The van der Waals surface area contributed by atoms with Crippen LogP contribution in [0, 0.1) is 0 Å². The van der Waals surface area contributed by atoms with E-state index in [0.29, 0.717) is 6.41 Å². The van der Waals surface area contributed by atoms with Crippen LogP contribution >= 0.6 is 0 Å². The van der Waals surface area contributed by atoms with Gasteiger partial charge in [0.15, 0.2) is 0 Å². The van der Waals surface area contributed by atoms with Gasteiger partial charge in [-0.2, -0.15) is 0 Å². The summed E-state index contributed by atoms with van der Waals surface area (Å²) < 4.78 is 0. The molecule has 0 rings (SSSR count). The molecule has 0 aromatic heterocycles. The topological polar surface area (TPSA) is 44.4 Å². The van der Waals surface area contributed by atoms with Gasteiger partial charge in [-0.25, -0.2) is 0 Å². The number of carbonyl (C=O) groups is 1. The summed E-state index contributed by atoms with van der Waals surface area (Å²) in [5.41, 5.74) is 1.90. The highest BCUT2D eigenvalue weighted by Gasteiger charge is 2.03. The third-order valence-electron chi connectivity index (χ3n) is 2.38. The van der Waals surface area contributed by atoms with Gasteiger partial charge in [-0.1, -0.05) is 13.0 Å². The van der Waals surface area contributed by atoms with Crippen molar-refractivity contribution < 1.29 is 4.79 Å². The minimum absolute atomic E-state index is 0.705. The Hall–Kier alpha value is -1.29. The lowest BCUT2D eigenvalue weighted by Gasteiger charge is -2.22. The van der Waals surface area contributed by atoms with E-state index in [4.69, 9.17) is 0 Å². The van der Waals surface area contributed by atoms with Crippen molar-refractivity contribution in [1.82, 2.24) is 15.5 Å². The molecule has 0 unspecified atom stereocenters. The molecule has 0 radical (unpaired) electrons. The summed E-state index contributed by atoms with van der Waals surface area (Å²) in [6.07, 6.45) is 4.51. The van der Waals surface area contributed by atoms with Crippen molar-refractivity contribution in [2.24, 2.45) is 0 Å². The van der Waals surface area contributed by atoms with Crippen molar-refractivity contribution in [2.75, 3.05) is 26.7 Å². The molecule has 0 aliphatic heterocycles. The Morgan fingerprint density at radius 3 is 2.62 bits per heavy atom. The van der Waals surface area contributed by atoms with Gasteiger partial charge in [0.25, 0.3) is 0 Å². The Labute approximate surface area is 98.4 Å². The number of nitrogens with zero attached hydrogens (tertiary/aromatic N) is 1. The molecule has 0 saturated carbocycles. The molecule has 16 heavy (non-hydrogen) atoms. The number of likely N-dealkylation sites (N-methyl/N-ethyl adjacent to an activating group) is 2. The van der Waals surface area contributed by atoms with E-state index in [1.807, 2.05) is 33.0 Å². The van der Waals surface area contributed by atoms with Crippen LogP contribution in [0.2, 0.25) is 0 Å². The maximum Gasteiger partial charge on any atom is 0.211 e. The van der Waals surface area contributed by atoms with E-state index in [2.05, 4.69) is 22.5 Å². The first-order valence-electron chi connectivity index (χ1n) is 5.62. The highest BCUT2D eigenvalue weighted by molar-refractivity contribution is 5.52. The molecule has 1 amide bonds. The van der Waals surface area contributed by atoms with Crippen LogP contribution in [0.15, 0.2) is 23.5 Å². The fraction of sp³-hybridized carbons (Fsp3) is 0.583. The van der Waals surface area contributed by atoms with E-state index in [-0.39, 0.29) is 0 Å². The van der Waals surface area contributed by atoms with Crippen molar-refractivity contribution in [3.8, 4) is 0 Å². The molecular weight excluding hydrogens is 202 g/mol. The minimum Gasteiger partial charge on any atom is -0.375 e. The molecule has 0 bridgehead atoms. The zero-order valence-corrected chi connectivity index (χ0v) is 10.7. The van der Waals surface area contributed by atoms with Gasteiger partial charge in [0.05, 0.1) is 5.70 Å². The summed E-state index contributed by atoms with van der Waals surface area (Å²) in [5, 5.41) is 5.97. The number of allylic oxidation sites excluding steroid dienone is 3. The fourth-order valence-electron chi connectivity index (χ4n) is 1.30. The van der Waals surface area contributed by atoms with Crippen molar-refractivity contribution >= 4 is 6.41 Å². The standard InChI is InChI=1S/C12H23N3O/c1-5-7-12(14-10-16)11(3)15(4)9-8-13-6-2/h5,7,10,13H,6,8-9H2,1-4H3,(H,14,16)/b7-5-,12-11-. The van der Waals surface area contributed by atoms with Gasteiger partial charge in [-0.3, -0.25) is 4.79 Å². The van der Waals surface area contributed by atoms with Gasteiger partial charge in [0.1, 0.15) is 0 Å². The first-order chi connectivity index (χ1) is 7.67. The number of rotatable bonds is 8. The Morgan fingerprint density at radius 1 is 1.44 bits per heavy atom.